The van der Waals surface area contributed by atoms with Gasteiger partial charge in [-0.05, 0) is 51.8 Å². The lowest BCUT2D eigenvalue weighted by Crippen LogP contribution is -2.40. The number of carbonyl (C=O) groups excluding carboxylic acids is 1. The molecule has 2 aromatic rings. The van der Waals surface area contributed by atoms with Gasteiger partial charge in [0.25, 0.3) is 5.56 Å². The molecule has 1 aliphatic rings. The van der Waals surface area contributed by atoms with Crippen molar-refractivity contribution in [3.05, 3.63) is 34.5 Å². The van der Waals surface area contributed by atoms with Gasteiger partial charge >= 0.3 is 0 Å². The van der Waals surface area contributed by atoms with E-state index in [4.69, 9.17) is 0 Å². The van der Waals surface area contributed by atoms with Gasteiger partial charge in [0.1, 0.15) is 17.9 Å². The SMILES string of the molecule is Cc1nn(CC(=O)NCCCN2CCCC[C@@H]2C)c(=O)c2cccn12. The Morgan fingerprint density at radius 2 is 2.24 bits per heavy atom. The van der Waals surface area contributed by atoms with Crippen molar-refractivity contribution < 1.29 is 4.79 Å². The van der Waals surface area contributed by atoms with Gasteiger partial charge in [0.2, 0.25) is 5.91 Å². The number of nitrogens with one attached hydrogen (secondary N) is 1. The molecule has 0 aromatic carbocycles. The highest BCUT2D eigenvalue weighted by Crippen LogP contribution is 2.15. The highest BCUT2D eigenvalue weighted by Gasteiger charge is 2.17. The molecule has 1 atom stereocenters. The standard InChI is InChI=1S/C18H27N5O2/c1-14-7-3-4-10-21(14)11-6-9-19-17(24)13-23-18(25)16-8-5-12-22(16)15(2)20-23/h5,8,12,14H,3-4,6-7,9-11,13H2,1-2H3,(H,19,24)/t14-/m0/s1. The van der Waals surface area contributed by atoms with Gasteiger partial charge in [-0.25, -0.2) is 4.68 Å². The molecule has 1 aliphatic heterocycles. The van der Waals surface area contributed by atoms with Gasteiger partial charge in [0, 0.05) is 25.3 Å². The van der Waals surface area contributed by atoms with Crippen molar-refractivity contribution in [1.82, 2.24) is 24.4 Å². The predicted molar refractivity (Wildman–Crippen MR) is 96.7 cm³/mol. The molecule has 1 fully saturated rings. The van der Waals surface area contributed by atoms with E-state index in [9.17, 15) is 9.59 Å². The minimum atomic E-state index is -0.243. The average molecular weight is 345 g/mol. The summed E-state index contributed by atoms with van der Waals surface area (Å²) in [6, 6.07) is 4.19. The van der Waals surface area contributed by atoms with E-state index in [1.54, 1.807) is 22.7 Å². The number of nitrogens with zero attached hydrogens (tertiary/aromatic N) is 4. The number of aryl methyl sites for hydroxylation is 1. The molecule has 0 radical (unpaired) electrons. The molecule has 3 rings (SSSR count). The minimum absolute atomic E-state index is 0.0402. The molecular weight excluding hydrogens is 318 g/mol. The van der Waals surface area contributed by atoms with Crippen molar-refractivity contribution in [1.29, 1.82) is 0 Å². The first-order chi connectivity index (χ1) is 12.1. The largest absolute Gasteiger partial charge is 0.354 e. The Hall–Kier alpha value is -2.15. The van der Waals surface area contributed by atoms with Crippen molar-refractivity contribution in [2.45, 2.75) is 52.1 Å². The monoisotopic (exact) mass is 345 g/mol. The molecule has 7 heteroatoms. The zero-order chi connectivity index (χ0) is 17.8. The predicted octanol–water partition coefficient (Wildman–Crippen LogP) is 1.19. The normalized spacial score (nSPS) is 18.6. The molecule has 0 aliphatic carbocycles. The van der Waals surface area contributed by atoms with Gasteiger partial charge in [0.05, 0.1) is 0 Å². The van der Waals surface area contributed by atoms with E-state index in [0.29, 0.717) is 23.9 Å². The molecule has 1 amide bonds. The molecule has 1 saturated heterocycles. The molecule has 7 nitrogen and oxygen atoms in total. The number of amides is 1. The van der Waals surface area contributed by atoms with Gasteiger partial charge in [-0.15, -0.1) is 0 Å². The smallest absolute Gasteiger partial charge is 0.291 e. The quantitative estimate of drug-likeness (QED) is 0.798. The fourth-order valence-corrected chi connectivity index (χ4v) is 3.54. The molecule has 0 spiro atoms. The number of fused-ring (bicyclic) bond motifs is 1. The van der Waals surface area contributed by atoms with Crippen LogP contribution in [0.25, 0.3) is 5.52 Å². The number of carbonyl (C=O) groups is 1. The fraction of sp³-hybridized carbons (Fsp3) is 0.611. The van der Waals surface area contributed by atoms with E-state index < -0.39 is 0 Å². The summed E-state index contributed by atoms with van der Waals surface area (Å²) < 4.78 is 2.98. The summed E-state index contributed by atoms with van der Waals surface area (Å²) in [5.74, 6) is 0.517. The van der Waals surface area contributed by atoms with Crippen LogP contribution in [0.3, 0.4) is 0 Å². The van der Waals surface area contributed by atoms with E-state index in [-0.39, 0.29) is 18.0 Å². The van der Waals surface area contributed by atoms with Crippen LogP contribution >= 0.6 is 0 Å². The van der Waals surface area contributed by atoms with Crippen molar-refractivity contribution in [2.24, 2.45) is 0 Å². The number of likely N-dealkylation sites (tertiary alicyclic amines) is 1. The summed E-state index contributed by atoms with van der Waals surface area (Å²) in [6.45, 7) is 6.85. The van der Waals surface area contributed by atoms with E-state index in [0.717, 1.165) is 19.5 Å². The lowest BCUT2D eigenvalue weighted by molar-refractivity contribution is -0.121. The fourth-order valence-electron chi connectivity index (χ4n) is 3.54. The zero-order valence-corrected chi connectivity index (χ0v) is 15.1. The first-order valence-electron chi connectivity index (χ1n) is 9.12. The maximum absolute atomic E-state index is 12.3. The number of hydrogen-bond donors (Lipinski definition) is 1. The van der Waals surface area contributed by atoms with Crippen LogP contribution in [0.4, 0.5) is 0 Å². The second kappa shape index (κ2) is 7.82. The molecule has 0 saturated carbocycles. The first-order valence-corrected chi connectivity index (χ1v) is 9.12. The Morgan fingerprint density at radius 1 is 1.40 bits per heavy atom. The summed E-state index contributed by atoms with van der Waals surface area (Å²) in [6.07, 6.45) is 6.58. The Labute approximate surface area is 147 Å². The summed E-state index contributed by atoms with van der Waals surface area (Å²) in [7, 11) is 0. The van der Waals surface area contributed by atoms with Crippen LogP contribution in [-0.2, 0) is 11.3 Å². The van der Waals surface area contributed by atoms with Crippen LogP contribution in [0, 0.1) is 6.92 Å². The van der Waals surface area contributed by atoms with Crippen molar-refractivity contribution in [2.75, 3.05) is 19.6 Å². The second-order valence-electron chi connectivity index (χ2n) is 6.86. The maximum atomic E-state index is 12.3. The first kappa shape index (κ1) is 17.7. The third kappa shape index (κ3) is 4.10. The Bertz CT molecular complexity index is 794. The van der Waals surface area contributed by atoms with Crippen molar-refractivity contribution in [3.8, 4) is 0 Å². The van der Waals surface area contributed by atoms with Crippen molar-refractivity contribution in [3.63, 3.8) is 0 Å². The Morgan fingerprint density at radius 3 is 3.04 bits per heavy atom. The topological polar surface area (TPSA) is 71.6 Å². The summed E-state index contributed by atoms with van der Waals surface area (Å²) >= 11 is 0. The summed E-state index contributed by atoms with van der Waals surface area (Å²) in [4.78, 5) is 27.0. The average Bonchev–Trinajstić information content (AvgIpc) is 3.08. The number of aromatic nitrogens is 3. The van der Waals surface area contributed by atoms with Gasteiger partial charge in [-0.2, -0.15) is 5.10 Å². The molecule has 3 heterocycles. The van der Waals surface area contributed by atoms with Gasteiger partial charge in [-0.1, -0.05) is 6.42 Å². The van der Waals surface area contributed by atoms with E-state index in [2.05, 4.69) is 22.2 Å². The third-order valence-electron chi connectivity index (χ3n) is 4.99. The molecule has 0 unspecified atom stereocenters. The van der Waals surface area contributed by atoms with Crippen LogP contribution in [0.1, 0.15) is 38.4 Å². The van der Waals surface area contributed by atoms with E-state index in [1.165, 1.54) is 23.9 Å². The minimum Gasteiger partial charge on any atom is -0.354 e. The van der Waals surface area contributed by atoms with Crippen LogP contribution < -0.4 is 10.9 Å². The lowest BCUT2D eigenvalue weighted by Gasteiger charge is -2.33. The van der Waals surface area contributed by atoms with E-state index >= 15 is 0 Å². The molecule has 25 heavy (non-hydrogen) atoms. The zero-order valence-electron chi connectivity index (χ0n) is 15.1. The molecule has 2 aromatic heterocycles. The maximum Gasteiger partial charge on any atom is 0.291 e. The Kier molecular flexibility index (Phi) is 5.53. The van der Waals surface area contributed by atoms with Crippen LogP contribution in [-0.4, -0.2) is 50.7 Å². The third-order valence-corrected chi connectivity index (χ3v) is 4.99. The summed E-state index contributed by atoms with van der Waals surface area (Å²) in [5.41, 5.74) is 0.298. The lowest BCUT2D eigenvalue weighted by atomic mass is 10.0. The Balaban J connectivity index is 1.49. The van der Waals surface area contributed by atoms with Crippen LogP contribution in [0.2, 0.25) is 0 Å². The summed E-state index contributed by atoms with van der Waals surface area (Å²) in [5, 5.41) is 7.12. The van der Waals surface area contributed by atoms with Gasteiger partial charge in [0.15, 0.2) is 0 Å². The van der Waals surface area contributed by atoms with E-state index in [1.807, 2.05) is 6.92 Å². The molecular formula is C18H27N5O2. The highest BCUT2D eigenvalue weighted by atomic mass is 16.2. The van der Waals surface area contributed by atoms with Gasteiger partial charge < -0.3 is 10.2 Å². The highest BCUT2D eigenvalue weighted by molar-refractivity contribution is 5.75. The van der Waals surface area contributed by atoms with Crippen LogP contribution in [0.15, 0.2) is 23.1 Å². The molecule has 136 valence electrons. The second-order valence-corrected chi connectivity index (χ2v) is 6.86. The van der Waals surface area contributed by atoms with Crippen molar-refractivity contribution >= 4 is 11.4 Å². The van der Waals surface area contributed by atoms with Gasteiger partial charge in [-0.3, -0.25) is 14.0 Å². The number of piperidine rings is 1. The molecule has 0 bridgehead atoms. The molecule has 1 N–H and O–H groups in total. The number of hydrogen-bond acceptors (Lipinski definition) is 4. The van der Waals surface area contributed by atoms with Crippen LogP contribution in [0.5, 0.6) is 0 Å². The number of rotatable bonds is 6.